The van der Waals surface area contributed by atoms with E-state index in [1.807, 2.05) is 77.7 Å². The lowest BCUT2D eigenvalue weighted by Crippen LogP contribution is -2.34. The van der Waals surface area contributed by atoms with Gasteiger partial charge < -0.3 is 0 Å². The largest absolute Gasteiger partial charge is 0.297 e. The summed E-state index contributed by atoms with van der Waals surface area (Å²) in [5, 5.41) is 23.0. The first-order chi connectivity index (χ1) is 17.3. The van der Waals surface area contributed by atoms with Crippen LogP contribution in [0.15, 0.2) is 85.3 Å². The smallest absolute Gasteiger partial charge is 0.105 e. The third-order valence-electron chi connectivity index (χ3n) is 6.35. The average molecular weight is 546 g/mol. The first kappa shape index (κ1) is 24.1. The van der Waals surface area contributed by atoms with Gasteiger partial charge in [0.05, 0.1) is 41.7 Å². The Morgan fingerprint density at radius 1 is 0.722 bits per heavy atom. The van der Waals surface area contributed by atoms with Crippen LogP contribution in [0.3, 0.4) is 0 Å². The highest BCUT2D eigenvalue weighted by Crippen LogP contribution is 2.26. The minimum atomic E-state index is 0. The monoisotopic (exact) mass is 545 g/mol. The van der Waals surface area contributed by atoms with Gasteiger partial charge in [0.15, 0.2) is 0 Å². The second-order valence-corrected chi connectivity index (χ2v) is 8.93. The quantitative estimate of drug-likeness (QED) is 0.307. The number of piperidine rings is 1. The molecule has 9 nitrogen and oxygen atoms in total. The highest BCUT2D eigenvalue weighted by atomic mass is 79.9. The number of benzene rings is 2. The summed E-state index contributed by atoms with van der Waals surface area (Å²) >= 11 is 0. The van der Waals surface area contributed by atoms with E-state index in [4.69, 9.17) is 5.10 Å². The van der Waals surface area contributed by atoms with E-state index >= 15 is 0 Å². The van der Waals surface area contributed by atoms with Crippen molar-refractivity contribution in [1.82, 2.24) is 44.7 Å². The molecule has 1 unspecified atom stereocenters. The molecule has 1 aliphatic heterocycles. The van der Waals surface area contributed by atoms with Gasteiger partial charge in [-0.1, -0.05) is 36.4 Å². The molecular formula is C26H28BrN9. The summed E-state index contributed by atoms with van der Waals surface area (Å²) < 4.78 is 1.96. The summed E-state index contributed by atoms with van der Waals surface area (Å²) in [5.41, 5.74) is 4.94. The van der Waals surface area contributed by atoms with E-state index in [-0.39, 0.29) is 17.0 Å². The van der Waals surface area contributed by atoms with E-state index in [1.54, 1.807) is 15.8 Å². The van der Waals surface area contributed by atoms with E-state index in [0.29, 0.717) is 12.5 Å². The molecule has 2 aromatic carbocycles. The maximum atomic E-state index is 4.88. The number of rotatable bonds is 7. The van der Waals surface area contributed by atoms with Crippen molar-refractivity contribution in [1.29, 1.82) is 0 Å². The van der Waals surface area contributed by atoms with Crippen LogP contribution in [0.4, 0.5) is 0 Å². The summed E-state index contributed by atoms with van der Waals surface area (Å²) in [6.07, 6.45) is 8.01. The number of hydrogen-bond donors (Lipinski definition) is 0. The van der Waals surface area contributed by atoms with Crippen LogP contribution in [0.1, 0.15) is 35.8 Å². The molecule has 5 aromatic rings. The Kier molecular flexibility index (Phi) is 7.33. The van der Waals surface area contributed by atoms with Crippen LogP contribution in [0.2, 0.25) is 0 Å². The highest BCUT2D eigenvalue weighted by Gasteiger charge is 2.24. The SMILES string of the molecule is Br.c1ccc(-n2ncc(CN3CCCC(c4ccn(Cc5cnn(-c6ccccc6)n5)n4)C3)n2)cc1. The molecule has 0 spiro atoms. The number of likely N-dealkylation sites (tertiary alicyclic amines) is 1. The summed E-state index contributed by atoms with van der Waals surface area (Å²) in [4.78, 5) is 5.82. The average Bonchev–Trinajstić information content (AvgIpc) is 3.67. The van der Waals surface area contributed by atoms with Gasteiger partial charge in [-0.3, -0.25) is 9.58 Å². The van der Waals surface area contributed by atoms with Gasteiger partial charge in [0.1, 0.15) is 5.69 Å². The molecule has 0 N–H and O–H groups in total. The highest BCUT2D eigenvalue weighted by molar-refractivity contribution is 8.93. The molecular weight excluding hydrogens is 518 g/mol. The molecule has 0 radical (unpaired) electrons. The zero-order valence-electron chi connectivity index (χ0n) is 19.8. The standard InChI is InChI=1S/C26H27N9.BrH/c1-3-9-24(10-4-1)34-27-16-22(29-34)19-32-14-7-8-21(18-32)26-13-15-33(31-26)20-23-17-28-35(30-23)25-11-5-2-6-12-25;/h1-6,9-13,15-17,21H,7-8,14,18-20H2;1H. The Morgan fingerprint density at radius 2 is 1.33 bits per heavy atom. The normalized spacial score (nSPS) is 16.1. The van der Waals surface area contributed by atoms with E-state index in [0.717, 1.165) is 60.9 Å². The molecule has 1 atom stereocenters. The number of para-hydroxylation sites is 2. The third kappa shape index (κ3) is 5.44. The van der Waals surface area contributed by atoms with Crippen molar-refractivity contribution in [3.05, 3.63) is 102 Å². The summed E-state index contributed by atoms with van der Waals surface area (Å²) in [6, 6.07) is 22.1. The lowest BCUT2D eigenvalue weighted by atomic mass is 9.95. The number of nitrogens with zero attached hydrogens (tertiary/aromatic N) is 9. The molecule has 36 heavy (non-hydrogen) atoms. The first-order valence-electron chi connectivity index (χ1n) is 12.0. The van der Waals surface area contributed by atoms with E-state index in [1.165, 1.54) is 0 Å². The molecule has 0 aliphatic carbocycles. The molecule has 0 amide bonds. The van der Waals surface area contributed by atoms with Gasteiger partial charge in [0.2, 0.25) is 0 Å². The fourth-order valence-electron chi connectivity index (χ4n) is 4.62. The van der Waals surface area contributed by atoms with Gasteiger partial charge >= 0.3 is 0 Å². The Labute approximate surface area is 220 Å². The van der Waals surface area contributed by atoms with E-state index in [9.17, 15) is 0 Å². The van der Waals surface area contributed by atoms with Crippen molar-refractivity contribution in [2.45, 2.75) is 31.8 Å². The van der Waals surface area contributed by atoms with Crippen LogP contribution in [-0.4, -0.2) is 57.8 Å². The van der Waals surface area contributed by atoms with Gasteiger partial charge in [0.25, 0.3) is 0 Å². The number of halogens is 1. The fraction of sp³-hybridized carbons (Fsp3) is 0.269. The Hall–Kier alpha value is -3.63. The van der Waals surface area contributed by atoms with Crippen molar-refractivity contribution in [3.63, 3.8) is 0 Å². The molecule has 0 bridgehead atoms. The van der Waals surface area contributed by atoms with Crippen molar-refractivity contribution in [2.24, 2.45) is 0 Å². The Morgan fingerprint density at radius 3 is 1.97 bits per heavy atom. The summed E-state index contributed by atoms with van der Waals surface area (Å²) in [5.74, 6) is 0.411. The van der Waals surface area contributed by atoms with Gasteiger partial charge in [-0.2, -0.15) is 35.1 Å². The topological polar surface area (TPSA) is 82.5 Å². The van der Waals surface area contributed by atoms with Crippen LogP contribution in [0, 0.1) is 0 Å². The van der Waals surface area contributed by atoms with Crippen LogP contribution in [0.25, 0.3) is 11.4 Å². The minimum Gasteiger partial charge on any atom is -0.297 e. The minimum absolute atomic E-state index is 0. The molecule has 10 heteroatoms. The van der Waals surface area contributed by atoms with Crippen LogP contribution in [0.5, 0.6) is 0 Å². The Bertz CT molecular complexity index is 1380. The molecule has 4 heterocycles. The van der Waals surface area contributed by atoms with Gasteiger partial charge in [-0.15, -0.1) is 17.0 Å². The zero-order chi connectivity index (χ0) is 23.5. The van der Waals surface area contributed by atoms with Crippen LogP contribution < -0.4 is 0 Å². The van der Waals surface area contributed by atoms with Crippen molar-refractivity contribution < 1.29 is 0 Å². The maximum Gasteiger partial charge on any atom is 0.105 e. The molecule has 1 aliphatic rings. The van der Waals surface area contributed by atoms with Crippen molar-refractivity contribution in [2.75, 3.05) is 13.1 Å². The fourth-order valence-corrected chi connectivity index (χ4v) is 4.62. The molecule has 6 rings (SSSR count). The van der Waals surface area contributed by atoms with E-state index in [2.05, 4.69) is 31.4 Å². The van der Waals surface area contributed by atoms with Gasteiger partial charge in [-0.25, -0.2) is 0 Å². The van der Waals surface area contributed by atoms with Gasteiger partial charge in [-0.05, 0) is 49.7 Å². The third-order valence-corrected chi connectivity index (χ3v) is 6.35. The lowest BCUT2D eigenvalue weighted by Gasteiger charge is -2.31. The molecule has 1 fully saturated rings. The number of hydrogen-bond acceptors (Lipinski definition) is 6. The molecule has 184 valence electrons. The number of aromatic nitrogens is 8. The second-order valence-electron chi connectivity index (χ2n) is 8.93. The van der Waals surface area contributed by atoms with Crippen LogP contribution >= 0.6 is 17.0 Å². The van der Waals surface area contributed by atoms with Crippen LogP contribution in [-0.2, 0) is 13.1 Å². The molecule has 0 saturated carbocycles. The lowest BCUT2D eigenvalue weighted by molar-refractivity contribution is 0.196. The predicted octanol–water partition coefficient (Wildman–Crippen LogP) is 4.05. The zero-order valence-corrected chi connectivity index (χ0v) is 21.5. The van der Waals surface area contributed by atoms with E-state index < -0.39 is 0 Å². The first-order valence-corrected chi connectivity index (χ1v) is 12.0. The summed E-state index contributed by atoms with van der Waals surface area (Å²) in [7, 11) is 0. The van der Waals surface area contributed by atoms with Crippen molar-refractivity contribution >= 4 is 17.0 Å². The predicted molar refractivity (Wildman–Crippen MR) is 142 cm³/mol. The Balaban J connectivity index is 0.00000267. The second kappa shape index (κ2) is 11.0. The van der Waals surface area contributed by atoms with Crippen molar-refractivity contribution in [3.8, 4) is 11.4 Å². The molecule has 1 saturated heterocycles. The summed E-state index contributed by atoms with van der Waals surface area (Å²) in [6.45, 7) is 3.44. The van der Waals surface area contributed by atoms with Gasteiger partial charge in [0, 0.05) is 25.2 Å². The maximum absolute atomic E-state index is 4.88. The molecule has 3 aromatic heterocycles.